The molecule has 4 nitrogen and oxygen atoms in total. The lowest BCUT2D eigenvalue weighted by Crippen LogP contribution is -2.26. The molecule has 1 amide bonds. The van der Waals surface area contributed by atoms with E-state index in [2.05, 4.69) is 29.5 Å². The normalized spacial score (nSPS) is 14.9. The number of amides is 1. The number of hydrogen-bond donors (Lipinski definition) is 2. The van der Waals surface area contributed by atoms with E-state index in [1.54, 1.807) is 12.3 Å². The highest BCUT2D eigenvalue weighted by Crippen LogP contribution is 2.19. The van der Waals surface area contributed by atoms with E-state index in [1.165, 1.54) is 0 Å². The Bertz CT molecular complexity index is 368. The summed E-state index contributed by atoms with van der Waals surface area (Å²) >= 11 is 0. The Labute approximate surface area is 95.5 Å². The maximum atomic E-state index is 11.6. The van der Waals surface area contributed by atoms with Crippen molar-refractivity contribution in [2.24, 2.45) is 0 Å². The van der Waals surface area contributed by atoms with Crippen LogP contribution in [0.15, 0.2) is 18.3 Å². The lowest BCUT2D eigenvalue weighted by atomic mass is 10.3. The molecule has 0 aromatic carbocycles. The summed E-state index contributed by atoms with van der Waals surface area (Å²) in [7, 11) is 0. The average molecular weight is 219 g/mol. The van der Waals surface area contributed by atoms with Crippen molar-refractivity contribution in [3.05, 3.63) is 24.0 Å². The number of nitrogens with one attached hydrogen (secondary N) is 2. The van der Waals surface area contributed by atoms with Gasteiger partial charge < -0.3 is 10.6 Å². The Balaban J connectivity index is 1.97. The van der Waals surface area contributed by atoms with Crippen molar-refractivity contribution >= 4 is 11.6 Å². The highest BCUT2D eigenvalue weighted by molar-refractivity contribution is 5.92. The minimum absolute atomic E-state index is 0.0707. The first-order chi connectivity index (χ1) is 7.65. The van der Waals surface area contributed by atoms with Gasteiger partial charge in [0.15, 0.2) is 0 Å². The molecule has 1 fully saturated rings. The second kappa shape index (κ2) is 4.51. The van der Waals surface area contributed by atoms with Crippen molar-refractivity contribution in [3.8, 4) is 0 Å². The molecule has 1 heterocycles. The lowest BCUT2D eigenvalue weighted by Gasteiger charge is -2.09. The molecule has 0 saturated heterocycles. The maximum Gasteiger partial charge on any atom is 0.270 e. The molecule has 0 spiro atoms. The molecule has 1 aromatic rings. The van der Waals surface area contributed by atoms with Crippen molar-refractivity contribution in [2.75, 3.05) is 5.32 Å². The summed E-state index contributed by atoms with van der Waals surface area (Å²) in [5.74, 6) is -0.0707. The summed E-state index contributed by atoms with van der Waals surface area (Å²) in [5.41, 5.74) is 1.43. The summed E-state index contributed by atoms with van der Waals surface area (Å²) < 4.78 is 0. The molecule has 86 valence electrons. The van der Waals surface area contributed by atoms with E-state index in [-0.39, 0.29) is 5.91 Å². The molecule has 0 radical (unpaired) electrons. The molecule has 4 heteroatoms. The van der Waals surface area contributed by atoms with Crippen molar-refractivity contribution in [1.29, 1.82) is 0 Å². The van der Waals surface area contributed by atoms with Gasteiger partial charge in [0.2, 0.25) is 0 Å². The molecule has 1 saturated carbocycles. The third kappa shape index (κ3) is 2.95. The monoisotopic (exact) mass is 219 g/mol. The van der Waals surface area contributed by atoms with E-state index >= 15 is 0 Å². The van der Waals surface area contributed by atoms with Crippen LogP contribution >= 0.6 is 0 Å². The maximum absolute atomic E-state index is 11.6. The largest absolute Gasteiger partial charge is 0.382 e. The van der Waals surface area contributed by atoms with Crippen molar-refractivity contribution in [2.45, 2.75) is 38.8 Å². The standard InChI is InChI=1S/C12H17N3O/c1-8(2)14-10-5-6-11(13-7-10)12(16)15-9-3-4-9/h5-9,14H,3-4H2,1-2H3,(H,15,16). The van der Waals surface area contributed by atoms with E-state index in [1.807, 2.05) is 6.07 Å². The molecule has 16 heavy (non-hydrogen) atoms. The second-order valence-electron chi connectivity index (χ2n) is 4.48. The molecule has 1 aliphatic rings. The number of aromatic nitrogens is 1. The number of nitrogens with zero attached hydrogens (tertiary/aromatic N) is 1. The van der Waals surface area contributed by atoms with E-state index in [0.29, 0.717) is 17.8 Å². The first kappa shape index (κ1) is 10.9. The van der Waals surface area contributed by atoms with Gasteiger partial charge in [-0.15, -0.1) is 0 Å². The zero-order valence-corrected chi connectivity index (χ0v) is 9.66. The second-order valence-corrected chi connectivity index (χ2v) is 4.48. The zero-order valence-electron chi connectivity index (χ0n) is 9.66. The molecule has 1 aliphatic carbocycles. The Morgan fingerprint density at radius 2 is 2.19 bits per heavy atom. The van der Waals surface area contributed by atoms with Crippen molar-refractivity contribution in [1.82, 2.24) is 10.3 Å². The van der Waals surface area contributed by atoms with Gasteiger partial charge in [-0.05, 0) is 38.8 Å². The summed E-state index contributed by atoms with van der Waals surface area (Å²) in [4.78, 5) is 15.8. The van der Waals surface area contributed by atoms with Gasteiger partial charge in [0.25, 0.3) is 5.91 Å². The fraction of sp³-hybridized carbons (Fsp3) is 0.500. The number of hydrogen-bond acceptors (Lipinski definition) is 3. The first-order valence-corrected chi connectivity index (χ1v) is 5.68. The molecular formula is C12H17N3O. The van der Waals surface area contributed by atoms with Gasteiger partial charge in [-0.1, -0.05) is 0 Å². The van der Waals surface area contributed by atoms with Crippen LogP contribution in [0.2, 0.25) is 0 Å². The van der Waals surface area contributed by atoms with Gasteiger partial charge in [0.05, 0.1) is 11.9 Å². The fourth-order valence-electron chi connectivity index (χ4n) is 1.43. The third-order valence-electron chi connectivity index (χ3n) is 2.36. The van der Waals surface area contributed by atoms with Gasteiger partial charge >= 0.3 is 0 Å². The number of pyridine rings is 1. The van der Waals surface area contributed by atoms with Gasteiger partial charge in [0, 0.05) is 12.1 Å². The predicted molar refractivity (Wildman–Crippen MR) is 63.5 cm³/mol. The Hall–Kier alpha value is -1.58. The topological polar surface area (TPSA) is 54.0 Å². The lowest BCUT2D eigenvalue weighted by molar-refractivity contribution is 0.0946. The van der Waals surface area contributed by atoms with E-state index < -0.39 is 0 Å². The molecule has 0 unspecified atom stereocenters. The van der Waals surface area contributed by atoms with Crippen molar-refractivity contribution in [3.63, 3.8) is 0 Å². The van der Waals surface area contributed by atoms with Crippen LogP contribution in [0.5, 0.6) is 0 Å². The van der Waals surface area contributed by atoms with Crippen LogP contribution in [-0.4, -0.2) is 23.0 Å². The van der Waals surface area contributed by atoms with E-state index in [9.17, 15) is 4.79 Å². The molecule has 0 atom stereocenters. The number of rotatable bonds is 4. The molecule has 2 N–H and O–H groups in total. The Kier molecular flexibility index (Phi) is 3.08. The Morgan fingerprint density at radius 3 is 2.69 bits per heavy atom. The fourth-order valence-corrected chi connectivity index (χ4v) is 1.43. The highest BCUT2D eigenvalue weighted by Gasteiger charge is 2.24. The molecule has 0 aliphatic heterocycles. The predicted octanol–water partition coefficient (Wildman–Crippen LogP) is 1.79. The van der Waals surface area contributed by atoms with E-state index in [0.717, 1.165) is 18.5 Å². The number of carbonyl (C=O) groups is 1. The minimum Gasteiger partial charge on any atom is -0.382 e. The third-order valence-corrected chi connectivity index (χ3v) is 2.36. The highest BCUT2D eigenvalue weighted by atomic mass is 16.2. The van der Waals surface area contributed by atoms with Crippen LogP contribution < -0.4 is 10.6 Å². The summed E-state index contributed by atoms with van der Waals surface area (Å²) in [6.07, 6.45) is 3.89. The van der Waals surface area contributed by atoms with Crippen LogP contribution in [0.4, 0.5) is 5.69 Å². The quantitative estimate of drug-likeness (QED) is 0.811. The summed E-state index contributed by atoms with van der Waals surface area (Å²) in [6.45, 7) is 4.13. The van der Waals surface area contributed by atoms with Crippen LogP contribution in [0.1, 0.15) is 37.2 Å². The van der Waals surface area contributed by atoms with Gasteiger partial charge in [-0.2, -0.15) is 0 Å². The van der Waals surface area contributed by atoms with Gasteiger partial charge in [0.1, 0.15) is 5.69 Å². The van der Waals surface area contributed by atoms with Crippen LogP contribution in [0.25, 0.3) is 0 Å². The zero-order chi connectivity index (χ0) is 11.5. The summed E-state index contributed by atoms with van der Waals surface area (Å²) in [5, 5.41) is 6.14. The van der Waals surface area contributed by atoms with Crippen LogP contribution in [0.3, 0.4) is 0 Å². The van der Waals surface area contributed by atoms with Crippen LogP contribution in [0, 0.1) is 0 Å². The van der Waals surface area contributed by atoms with Gasteiger partial charge in [-0.3, -0.25) is 4.79 Å². The Morgan fingerprint density at radius 1 is 1.44 bits per heavy atom. The van der Waals surface area contributed by atoms with Gasteiger partial charge in [-0.25, -0.2) is 4.98 Å². The van der Waals surface area contributed by atoms with E-state index in [4.69, 9.17) is 0 Å². The molecule has 0 bridgehead atoms. The summed E-state index contributed by atoms with van der Waals surface area (Å²) in [6, 6.07) is 4.38. The van der Waals surface area contributed by atoms with Crippen LogP contribution in [-0.2, 0) is 0 Å². The average Bonchev–Trinajstić information content (AvgIpc) is 3.01. The molecular weight excluding hydrogens is 202 g/mol. The minimum atomic E-state index is -0.0707. The van der Waals surface area contributed by atoms with Crippen molar-refractivity contribution < 1.29 is 4.79 Å². The molecule has 2 rings (SSSR count). The molecule has 1 aromatic heterocycles. The first-order valence-electron chi connectivity index (χ1n) is 5.68. The number of anilines is 1. The SMILES string of the molecule is CC(C)Nc1ccc(C(=O)NC2CC2)nc1. The smallest absolute Gasteiger partial charge is 0.270 e. The number of carbonyl (C=O) groups excluding carboxylic acids is 1.